The van der Waals surface area contributed by atoms with Crippen LogP contribution in [0.25, 0.3) is 0 Å². The number of rotatable bonds is 9. The van der Waals surface area contributed by atoms with Crippen LogP contribution in [0.3, 0.4) is 0 Å². The molecule has 0 aliphatic carbocycles. The molecule has 1 N–H and O–H groups in total. The topological polar surface area (TPSA) is 84.9 Å². The second-order valence-corrected chi connectivity index (χ2v) is 8.38. The lowest BCUT2D eigenvalue weighted by Crippen LogP contribution is -2.55. The third kappa shape index (κ3) is 9.45. The number of likely N-dealkylation sites (N-methyl/N-ethyl adjacent to an activating group) is 1. The molecule has 0 unspecified atom stereocenters. The van der Waals surface area contributed by atoms with Crippen molar-refractivity contribution >= 4 is 18.0 Å². The zero-order valence-corrected chi connectivity index (χ0v) is 18.0. The zero-order chi connectivity index (χ0) is 21.4. The molecule has 2 amide bonds. The van der Waals surface area contributed by atoms with Crippen LogP contribution in [0, 0.1) is 11.8 Å². The highest BCUT2D eigenvalue weighted by molar-refractivity contribution is 5.89. The molecule has 0 aromatic rings. The molecule has 0 saturated carbocycles. The maximum absolute atomic E-state index is 13.0. The van der Waals surface area contributed by atoms with E-state index >= 15 is 0 Å². The van der Waals surface area contributed by atoms with Crippen LogP contribution in [0.4, 0.5) is 4.79 Å². The highest BCUT2D eigenvalue weighted by Gasteiger charge is 2.35. The molecule has 0 rings (SSSR count). The van der Waals surface area contributed by atoms with Gasteiger partial charge in [0, 0.05) is 7.05 Å². The molecule has 7 nitrogen and oxygen atoms in total. The average molecular weight is 385 g/mol. The summed E-state index contributed by atoms with van der Waals surface area (Å²) in [6, 6.07) is -1.55. The van der Waals surface area contributed by atoms with Crippen molar-refractivity contribution in [2.75, 3.05) is 13.7 Å². The number of alkyl carbamates (subject to hydrolysis) is 1. The van der Waals surface area contributed by atoms with Crippen molar-refractivity contribution in [3.8, 4) is 0 Å². The monoisotopic (exact) mass is 384 g/mol. The van der Waals surface area contributed by atoms with Gasteiger partial charge in [-0.1, -0.05) is 40.3 Å². The Kier molecular flexibility index (Phi) is 10.1. The van der Waals surface area contributed by atoms with Crippen LogP contribution in [0.5, 0.6) is 0 Å². The fourth-order valence-electron chi connectivity index (χ4n) is 2.42. The van der Waals surface area contributed by atoms with Gasteiger partial charge in [0.05, 0.1) is 0 Å². The molecule has 0 aromatic heterocycles. The lowest BCUT2D eigenvalue weighted by Gasteiger charge is -2.32. The Balaban J connectivity index is 5.37. The number of amides is 2. The Bertz CT molecular complexity index is 523. The number of carbonyl (C=O) groups is 3. The molecule has 0 radical (unpaired) electrons. The number of hydrogen-bond acceptors (Lipinski definition) is 5. The van der Waals surface area contributed by atoms with Crippen LogP contribution in [0.1, 0.15) is 54.9 Å². The Morgan fingerprint density at radius 1 is 1.15 bits per heavy atom. The predicted molar refractivity (Wildman–Crippen MR) is 105 cm³/mol. The molecule has 0 aromatic carbocycles. The minimum atomic E-state index is -0.813. The number of hydrogen-bond donors (Lipinski definition) is 1. The second-order valence-electron chi connectivity index (χ2n) is 8.38. The molecule has 0 aliphatic rings. The summed E-state index contributed by atoms with van der Waals surface area (Å²) in [6.45, 7) is 16.4. The third-order valence-electron chi connectivity index (χ3n) is 3.73. The normalized spacial score (nSPS) is 13.7. The lowest BCUT2D eigenvalue weighted by atomic mass is 9.99. The Hall–Kier alpha value is -2.05. The van der Waals surface area contributed by atoms with Gasteiger partial charge in [0.15, 0.2) is 0 Å². The van der Waals surface area contributed by atoms with Gasteiger partial charge in [0.2, 0.25) is 5.91 Å². The van der Waals surface area contributed by atoms with Crippen LogP contribution >= 0.6 is 0 Å². The van der Waals surface area contributed by atoms with Crippen LogP contribution in [-0.4, -0.2) is 54.2 Å². The quantitative estimate of drug-likeness (QED) is 0.488. The first-order chi connectivity index (χ1) is 12.3. The number of esters is 1. The van der Waals surface area contributed by atoms with E-state index in [1.807, 2.05) is 27.7 Å². The van der Waals surface area contributed by atoms with E-state index in [0.717, 1.165) is 0 Å². The van der Waals surface area contributed by atoms with Crippen molar-refractivity contribution in [3.05, 3.63) is 12.7 Å². The molecule has 27 heavy (non-hydrogen) atoms. The lowest BCUT2D eigenvalue weighted by molar-refractivity contribution is -0.154. The second kappa shape index (κ2) is 10.9. The van der Waals surface area contributed by atoms with Crippen LogP contribution in [0.2, 0.25) is 0 Å². The molecule has 156 valence electrons. The number of ether oxygens (including phenoxy) is 2. The van der Waals surface area contributed by atoms with Crippen molar-refractivity contribution in [1.29, 1.82) is 0 Å². The molecule has 0 bridgehead atoms. The molecule has 0 saturated heterocycles. The maximum atomic E-state index is 13.0. The summed E-state index contributed by atoms with van der Waals surface area (Å²) < 4.78 is 10.4. The van der Waals surface area contributed by atoms with E-state index in [0.29, 0.717) is 6.42 Å². The molecule has 2 atom stereocenters. The van der Waals surface area contributed by atoms with E-state index < -0.39 is 29.7 Å². The standard InChI is InChI=1S/C20H36N2O5/c1-10-11-26-18(24)15(12-13(2)3)22(9)17(23)16(14(4)5)21-19(25)27-20(6,7)8/h10,13-16H,1,11-12H2,2-9H3,(H,21,25)/t15-,16-/m0/s1. The van der Waals surface area contributed by atoms with E-state index in [4.69, 9.17) is 9.47 Å². The summed E-state index contributed by atoms with van der Waals surface area (Å²) >= 11 is 0. The summed E-state index contributed by atoms with van der Waals surface area (Å²) in [7, 11) is 1.55. The molecule has 7 heteroatoms. The number of nitrogens with zero attached hydrogens (tertiary/aromatic N) is 1. The average Bonchev–Trinajstić information content (AvgIpc) is 2.52. The van der Waals surface area contributed by atoms with Gasteiger partial charge in [0.1, 0.15) is 24.3 Å². The van der Waals surface area contributed by atoms with Gasteiger partial charge in [-0.3, -0.25) is 4.79 Å². The largest absolute Gasteiger partial charge is 0.460 e. The van der Waals surface area contributed by atoms with Gasteiger partial charge in [-0.2, -0.15) is 0 Å². The van der Waals surface area contributed by atoms with Crippen LogP contribution < -0.4 is 5.32 Å². The highest BCUT2D eigenvalue weighted by Crippen LogP contribution is 2.16. The first-order valence-corrected chi connectivity index (χ1v) is 9.33. The van der Waals surface area contributed by atoms with Gasteiger partial charge in [-0.25, -0.2) is 9.59 Å². The fraction of sp³-hybridized carbons (Fsp3) is 0.750. The smallest absolute Gasteiger partial charge is 0.408 e. The number of nitrogens with one attached hydrogen (secondary N) is 1. The third-order valence-corrected chi connectivity index (χ3v) is 3.73. The molecular formula is C20H36N2O5. The van der Waals surface area contributed by atoms with Crippen LogP contribution in [-0.2, 0) is 19.1 Å². The van der Waals surface area contributed by atoms with Crippen molar-refractivity contribution in [2.24, 2.45) is 11.8 Å². The summed E-state index contributed by atoms with van der Waals surface area (Å²) in [5.41, 5.74) is -0.671. The first-order valence-electron chi connectivity index (χ1n) is 9.33. The molecule has 0 fully saturated rings. The van der Waals surface area contributed by atoms with Gasteiger partial charge >= 0.3 is 12.1 Å². The fourth-order valence-corrected chi connectivity index (χ4v) is 2.42. The summed E-state index contributed by atoms with van der Waals surface area (Å²) in [5, 5.41) is 2.62. The summed E-state index contributed by atoms with van der Waals surface area (Å²) in [4.78, 5) is 38.9. The molecule has 0 heterocycles. The Morgan fingerprint density at radius 2 is 1.70 bits per heavy atom. The summed E-state index contributed by atoms with van der Waals surface area (Å²) in [5.74, 6) is -0.856. The van der Waals surface area contributed by atoms with E-state index in [1.165, 1.54) is 11.0 Å². The van der Waals surface area contributed by atoms with Crippen molar-refractivity contribution < 1.29 is 23.9 Å². The van der Waals surface area contributed by atoms with Crippen LogP contribution in [0.15, 0.2) is 12.7 Å². The Morgan fingerprint density at radius 3 is 2.11 bits per heavy atom. The molecular weight excluding hydrogens is 348 g/mol. The van der Waals surface area contributed by atoms with Gasteiger partial charge in [-0.15, -0.1) is 0 Å². The zero-order valence-electron chi connectivity index (χ0n) is 18.0. The molecule has 0 spiro atoms. The minimum Gasteiger partial charge on any atom is -0.460 e. The van der Waals surface area contributed by atoms with E-state index in [9.17, 15) is 14.4 Å². The maximum Gasteiger partial charge on any atom is 0.408 e. The Labute approximate surface area is 163 Å². The number of carbonyl (C=O) groups excluding carboxylic acids is 3. The van der Waals surface area contributed by atoms with Gasteiger partial charge < -0.3 is 19.7 Å². The SMILES string of the molecule is C=CCOC(=O)[C@H](CC(C)C)N(C)C(=O)[C@@H](NC(=O)OC(C)(C)C)C(C)C. The summed E-state index contributed by atoms with van der Waals surface area (Å²) in [6.07, 6.45) is 1.26. The molecule has 0 aliphatic heterocycles. The minimum absolute atomic E-state index is 0.0826. The van der Waals surface area contributed by atoms with E-state index in [1.54, 1.807) is 27.8 Å². The van der Waals surface area contributed by atoms with Crippen molar-refractivity contribution in [3.63, 3.8) is 0 Å². The van der Waals surface area contributed by atoms with Gasteiger partial charge in [0.25, 0.3) is 0 Å². The van der Waals surface area contributed by atoms with Crippen molar-refractivity contribution in [2.45, 2.75) is 72.6 Å². The predicted octanol–water partition coefficient (Wildman–Crippen LogP) is 3.14. The van der Waals surface area contributed by atoms with E-state index in [-0.39, 0.29) is 24.3 Å². The van der Waals surface area contributed by atoms with Gasteiger partial charge in [-0.05, 0) is 39.0 Å². The van der Waals surface area contributed by atoms with E-state index in [2.05, 4.69) is 11.9 Å². The van der Waals surface area contributed by atoms with Crippen molar-refractivity contribution in [1.82, 2.24) is 10.2 Å². The first kappa shape index (κ1) is 24.9. The highest BCUT2D eigenvalue weighted by atomic mass is 16.6.